The molecule has 1 aliphatic carbocycles. The van der Waals surface area contributed by atoms with Crippen LogP contribution in [0.4, 0.5) is 0 Å². The largest absolute Gasteiger partial charge is 0.363 e. The molecule has 4 nitrogen and oxygen atoms in total. The molecule has 0 saturated carbocycles. The minimum absolute atomic E-state index is 0.283. The standard InChI is InChI=1S/C30H33N3O/c1-20-14-21(2)23(4)26(22(20)3)17-34-29(28-16-32-19-33(28)6)25-12-13-30(5,18-31)27(15-25)24-10-8-7-9-11-24/h7-12,14-16,19,29H,13,17H2,1-6H3. The van der Waals surface area contributed by atoms with Gasteiger partial charge in [-0.1, -0.05) is 48.6 Å². The van der Waals surface area contributed by atoms with E-state index in [1.807, 2.05) is 49.3 Å². The zero-order valence-electron chi connectivity index (χ0n) is 21.0. The fraction of sp³-hybridized carbons (Fsp3) is 0.333. The van der Waals surface area contributed by atoms with Gasteiger partial charge in [0.2, 0.25) is 0 Å². The molecule has 0 fully saturated rings. The van der Waals surface area contributed by atoms with E-state index in [0.717, 1.165) is 22.4 Å². The highest BCUT2D eigenvalue weighted by Gasteiger charge is 2.34. The number of hydrogen-bond acceptors (Lipinski definition) is 3. The molecule has 1 aromatic heterocycles. The molecular formula is C30H33N3O. The number of nitriles is 1. The number of benzene rings is 2. The molecule has 4 rings (SSSR count). The van der Waals surface area contributed by atoms with Gasteiger partial charge in [0.1, 0.15) is 6.10 Å². The Morgan fingerprint density at radius 3 is 2.38 bits per heavy atom. The van der Waals surface area contributed by atoms with E-state index >= 15 is 0 Å². The summed E-state index contributed by atoms with van der Waals surface area (Å²) in [6, 6.07) is 15.0. The van der Waals surface area contributed by atoms with Crippen molar-refractivity contribution < 1.29 is 4.74 Å². The topological polar surface area (TPSA) is 50.8 Å². The molecule has 0 radical (unpaired) electrons. The average Bonchev–Trinajstić information content (AvgIpc) is 3.26. The van der Waals surface area contributed by atoms with Crippen LogP contribution in [-0.4, -0.2) is 9.55 Å². The van der Waals surface area contributed by atoms with Crippen LogP contribution in [0.1, 0.15) is 58.5 Å². The van der Waals surface area contributed by atoms with E-state index in [4.69, 9.17) is 4.74 Å². The van der Waals surface area contributed by atoms with E-state index < -0.39 is 5.41 Å². The normalized spacial score (nSPS) is 18.7. The van der Waals surface area contributed by atoms with Crippen molar-refractivity contribution in [1.82, 2.24) is 9.55 Å². The zero-order chi connectivity index (χ0) is 24.5. The number of imidazole rings is 1. The third-order valence-corrected chi connectivity index (χ3v) is 7.32. The van der Waals surface area contributed by atoms with Crippen molar-refractivity contribution in [2.75, 3.05) is 0 Å². The fourth-order valence-corrected chi connectivity index (χ4v) is 4.78. The second kappa shape index (κ2) is 9.44. The molecule has 0 spiro atoms. The van der Waals surface area contributed by atoms with Gasteiger partial charge in [0.05, 0.1) is 36.3 Å². The molecule has 0 N–H and O–H groups in total. The molecule has 0 saturated heterocycles. The first-order chi connectivity index (χ1) is 16.2. The summed E-state index contributed by atoms with van der Waals surface area (Å²) >= 11 is 0. The Hall–Kier alpha value is -3.42. The SMILES string of the molecule is Cc1cc(C)c(C)c(COC(C2=CCC(C)(C#N)C(c3ccccc3)=C2)c2cncn2C)c1C. The van der Waals surface area contributed by atoms with Gasteiger partial charge in [-0.2, -0.15) is 5.26 Å². The van der Waals surface area contributed by atoms with Crippen LogP contribution in [0, 0.1) is 44.4 Å². The molecule has 0 aliphatic heterocycles. The maximum atomic E-state index is 10.0. The van der Waals surface area contributed by atoms with Crippen LogP contribution < -0.4 is 0 Å². The van der Waals surface area contributed by atoms with E-state index in [1.165, 1.54) is 27.8 Å². The maximum Gasteiger partial charge on any atom is 0.124 e. The number of aromatic nitrogens is 2. The summed E-state index contributed by atoms with van der Waals surface area (Å²) in [5.74, 6) is 0. The number of hydrogen-bond donors (Lipinski definition) is 0. The van der Waals surface area contributed by atoms with E-state index in [9.17, 15) is 5.26 Å². The van der Waals surface area contributed by atoms with Crippen LogP contribution in [-0.2, 0) is 18.4 Å². The molecule has 34 heavy (non-hydrogen) atoms. The minimum atomic E-state index is -0.581. The molecule has 0 amide bonds. The van der Waals surface area contributed by atoms with Gasteiger partial charge in [-0.25, -0.2) is 4.98 Å². The Morgan fingerprint density at radius 2 is 1.79 bits per heavy atom. The highest BCUT2D eigenvalue weighted by Crippen LogP contribution is 2.45. The van der Waals surface area contributed by atoms with Crippen LogP contribution in [0.2, 0.25) is 0 Å². The number of ether oxygens (including phenoxy) is 1. The Morgan fingerprint density at radius 1 is 1.12 bits per heavy atom. The summed E-state index contributed by atoms with van der Waals surface area (Å²) in [6.07, 6.45) is 8.35. The lowest BCUT2D eigenvalue weighted by atomic mass is 9.72. The van der Waals surface area contributed by atoms with Gasteiger partial charge in [0.25, 0.3) is 0 Å². The third kappa shape index (κ3) is 4.36. The summed E-state index contributed by atoms with van der Waals surface area (Å²) in [6.45, 7) is 11.2. The van der Waals surface area contributed by atoms with Gasteiger partial charge in [-0.05, 0) is 85.6 Å². The lowest BCUT2D eigenvalue weighted by Crippen LogP contribution is -2.21. The molecular weight excluding hydrogens is 418 g/mol. The van der Waals surface area contributed by atoms with Crippen LogP contribution in [0.15, 0.2) is 66.6 Å². The molecule has 4 heteroatoms. The van der Waals surface area contributed by atoms with E-state index in [-0.39, 0.29) is 6.10 Å². The second-order valence-corrected chi connectivity index (χ2v) is 9.64. The maximum absolute atomic E-state index is 10.0. The Balaban J connectivity index is 1.76. The highest BCUT2D eigenvalue weighted by molar-refractivity contribution is 5.76. The smallest absolute Gasteiger partial charge is 0.124 e. The lowest BCUT2D eigenvalue weighted by Gasteiger charge is -2.31. The Kier molecular flexibility index (Phi) is 6.59. The molecule has 0 bridgehead atoms. The molecule has 2 unspecified atom stereocenters. The molecule has 3 aromatic rings. The van der Waals surface area contributed by atoms with Gasteiger partial charge in [-0.15, -0.1) is 0 Å². The van der Waals surface area contributed by atoms with Gasteiger partial charge in [-0.3, -0.25) is 0 Å². The van der Waals surface area contributed by atoms with Crippen LogP contribution >= 0.6 is 0 Å². The second-order valence-electron chi connectivity index (χ2n) is 9.64. The first-order valence-electron chi connectivity index (χ1n) is 11.8. The van der Waals surface area contributed by atoms with Crippen molar-refractivity contribution in [2.45, 2.75) is 53.8 Å². The van der Waals surface area contributed by atoms with Crippen molar-refractivity contribution in [3.8, 4) is 6.07 Å². The van der Waals surface area contributed by atoms with Gasteiger partial charge in [0, 0.05) is 7.05 Å². The van der Waals surface area contributed by atoms with Crippen LogP contribution in [0.25, 0.3) is 5.57 Å². The highest BCUT2D eigenvalue weighted by atomic mass is 16.5. The van der Waals surface area contributed by atoms with Crippen LogP contribution in [0.3, 0.4) is 0 Å². The molecule has 1 heterocycles. The first-order valence-corrected chi connectivity index (χ1v) is 11.8. The van der Waals surface area contributed by atoms with Crippen molar-refractivity contribution in [3.05, 3.63) is 106 Å². The molecule has 2 aromatic carbocycles. The quantitative estimate of drug-likeness (QED) is 0.411. The lowest BCUT2D eigenvalue weighted by molar-refractivity contribution is 0.0605. The number of rotatable bonds is 6. The summed E-state index contributed by atoms with van der Waals surface area (Å²) in [4.78, 5) is 4.36. The Labute approximate surface area is 203 Å². The summed E-state index contributed by atoms with van der Waals surface area (Å²) in [5.41, 5.74) is 9.95. The molecule has 174 valence electrons. The number of nitrogens with zero attached hydrogens (tertiary/aromatic N) is 3. The van der Waals surface area contributed by atoms with E-state index in [0.29, 0.717) is 13.0 Å². The van der Waals surface area contributed by atoms with E-state index in [1.54, 1.807) is 0 Å². The Bertz CT molecular complexity index is 1280. The monoisotopic (exact) mass is 451 g/mol. The molecule has 2 atom stereocenters. The van der Waals surface area contributed by atoms with E-state index in [2.05, 4.69) is 69.1 Å². The summed E-state index contributed by atoms with van der Waals surface area (Å²) in [5, 5.41) is 10.0. The van der Waals surface area contributed by atoms with Gasteiger partial charge < -0.3 is 9.30 Å². The number of allylic oxidation sites excluding steroid dienone is 2. The minimum Gasteiger partial charge on any atom is -0.363 e. The van der Waals surface area contributed by atoms with Crippen molar-refractivity contribution in [2.24, 2.45) is 12.5 Å². The predicted octanol–water partition coefficient (Wildman–Crippen LogP) is 6.86. The van der Waals surface area contributed by atoms with Gasteiger partial charge in [0.15, 0.2) is 0 Å². The summed E-state index contributed by atoms with van der Waals surface area (Å²) < 4.78 is 8.71. The van der Waals surface area contributed by atoms with Gasteiger partial charge >= 0.3 is 0 Å². The number of aryl methyl sites for hydroxylation is 3. The third-order valence-electron chi connectivity index (χ3n) is 7.32. The fourth-order valence-electron chi connectivity index (χ4n) is 4.78. The van der Waals surface area contributed by atoms with Crippen molar-refractivity contribution >= 4 is 5.57 Å². The van der Waals surface area contributed by atoms with Crippen molar-refractivity contribution in [1.29, 1.82) is 5.26 Å². The predicted molar refractivity (Wildman–Crippen MR) is 137 cm³/mol. The summed E-state index contributed by atoms with van der Waals surface area (Å²) in [7, 11) is 2.00. The first kappa shape index (κ1) is 23.7. The van der Waals surface area contributed by atoms with Crippen LogP contribution in [0.5, 0.6) is 0 Å². The molecule has 1 aliphatic rings. The average molecular weight is 452 g/mol. The van der Waals surface area contributed by atoms with Crippen molar-refractivity contribution in [3.63, 3.8) is 0 Å². The zero-order valence-corrected chi connectivity index (χ0v) is 21.0.